The molecule has 14 heteroatoms. The smallest absolute Gasteiger partial charge is 0.267 e. The first-order valence-electron chi connectivity index (χ1n) is 7.57. The molecule has 2 heterocycles. The van der Waals surface area contributed by atoms with E-state index in [1.165, 1.54) is 0 Å². The van der Waals surface area contributed by atoms with Gasteiger partial charge in [0.05, 0.1) is 6.61 Å². The fourth-order valence-corrected chi connectivity index (χ4v) is 3.46. The van der Waals surface area contributed by atoms with E-state index in [2.05, 4.69) is 0 Å². The standard InChI is InChI=1S/C12H22O13S/c13-1-3-10(7(16)8(17)11(19)23-3)25-12-9(18)6(15)5(14)4(24-12)2-26(20,21)22/h3-19H,1-2H2,(H,20,21,22)/t3-,4-,5-,6+,7-,8-,9-,10-,11?,12+/m1/s1. The molecule has 13 nitrogen and oxygen atoms in total. The van der Waals surface area contributed by atoms with Crippen LogP contribution in [0.4, 0.5) is 0 Å². The van der Waals surface area contributed by atoms with Crippen molar-refractivity contribution in [2.24, 2.45) is 0 Å². The van der Waals surface area contributed by atoms with Crippen molar-refractivity contribution in [2.75, 3.05) is 12.4 Å². The maximum Gasteiger partial charge on any atom is 0.267 e. The quantitative estimate of drug-likeness (QED) is 0.200. The van der Waals surface area contributed by atoms with Gasteiger partial charge in [-0.2, -0.15) is 8.42 Å². The van der Waals surface area contributed by atoms with Crippen LogP contribution in [0, 0.1) is 0 Å². The van der Waals surface area contributed by atoms with E-state index in [9.17, 15) is 44.2 Å². The molecule has 0 aromatic rings. The van der Waals surface area contributed by atoms with Gasteiger partial charge < -0.3 is 50.0 Å². The molecule has 8 N–H and O–H groups in total. The Balaban J connectivity index is 2.17. The Labute approximate surface area is 147 Å². The highest BCUT2D eigenvalue weighted by Crippen LogP contribution is 2.28. The molecule has 0 saturated carbocycles. The predicted molar refractivity (Wildman–Crippen MR) is 77.9 cm³/mol. The fourth-order valence-electron chi connectivity index (χ4n) is 2.76. The highest BCUT2D eigenvalue weighted by Gasteiger charge is 2.50. The summed E-state index contributed by atoms with van der Waals surface area (Å²) >= 11 is 0. The third kappa shape index (κ3) is 4.67. The van der Waals surface area contributed by atoms with Gasteiger partial charge in [-0.15, -0.1) is 0 Å². The zero-order valence-electron chi connectivity index (χ0n) is 13.2. The number of hydrogen-bond acceptors (Lipinski definition) is 12. The molecule has 2 rings (SSSR count). The maximum atomic E-state index is 11.0. The first-order valence-corrected chi connectivity index (χ1v) is 9.18. The summed E-state index contributed by atoms with van der Waals surface area (Å²) in [6.07, 6.45) is -17.6. The number of hydrogen-bond donors (Lipinski definition) is 8. The minimum atomic E-state index is -4.62. The number of aliphatic hydroxyl groups excluding tert-OH is 7. The normalized spacial score (nSPS) is 47.7. The van der Waals surface area contributed by atoms with E-state index in [-0.39, 0.29) is 0 Å². The molecule has 26 heavy (non-hydrogen) atoms. The predicted octanol–water partition coefficient (Wildman–Crippen LogP) is -5.50. The molecule has 0 aromatic heterocycles. The summed E-state index contributed by atoms with van der Waals surface area (Å²) in [7, 11) is -4.62. The average Bonchev–Trinajstić information content (AvgIpc) is 2.55. The summed E-state index contributed by atoms with van der Waals surface area (Å²) in [6, 6.07) is 0. The Bertz CT molecular complexity index is 567. The molecule has 2 aliphatic heterocycles. The van der Waals surface area contributed by atoms with Gasteiger partial charge in [-0.3, -0.25) is 4.55 Å². The van der Waals surface area contributed by atoms with Crippen molar-refractivity contribution >= 4 is 10.1 Å². The van der Waals surface area contributed by atoms with E-state index in [4.69, 9.17) is 18.8 Å². The first-order chi connectivity index (χ1) is 12.0. The molecule has 2 fully saturated rings. The van der Waals surface area contributed by atoms with Crippen molar-refractivity contribution < 1.29 is 62.9 Å². The largest absolute Gasteiger partial charge is 0.394 e. The van der Waals surface area contributed by atoms with Crippen molar-refractivity contribution in [2.45, 2.75) is 61.4 Å². The van der Waals surface area contributed by atoms with Gasteiger partial charge in [-0.05, 0) is 0 Å². The molecule has 0 amide bonds. The summed E-state index contributed by atoms with van der Waals surface area (Å²) in [5.74, 6) is -1.12. The third-order valence-electron chi connectivity index (χ3n) is 4.17. The lowest BCUT2D eigenvalue weighted by molar-refractivity contribution is -0.351. The molecule has 2 aliphatic rings. The summed E-state index contributed by atoms with van der Waals surface area (Å²) < 4.78 is 46.0. The third-order valence-corrected chi connectivity index (χ3v) is 4.92. The van der Waals surface area contributed by atoms with E-state index in [0.717, 1.165) is 0 Å². The first kappa shape index (κ1) is 21.8. The van der Waals surface area contributed by atoms with E-state index in [1.807, 2.05) is 0 Å². The molecule has 0 bridgehead atoms. The minimum absolute atomic E-state index is 0.770. The van der Waals surface area contributed by atoms with Crippen LogP contribution in [0.5, 0.6) is 0 Å². The summed E-state index contributed by atoms with van der Waals surface area (Å²) in [4.78, 5) is 0. The molecule has 10 atom stereocenters. The Kier molecular flexibility index (Phi) is 6.92. The number of aliphatic hydroxyl groups is 7. The Morgan fingerprint density at radius 3 is 1.96 bits per heavy atom. The molecule has 2 saturated heterocycles. The van der Waals surface area contributed by atoms with Crippen LogP contribution in [0.25, 0.3) is 0 Å². The van der Waals surface area contributed by atoms with Gasteiger partial charge in [0.15, 0.2) is 12.6 Å². The van der Waals surface area contributed by atoms with Crippen LogP contribution in [0.15, 0.2) is 0 Å². The molecular formula is C12H22O13S. The summed E-state index contributed by atoms with van der Waals surface area (Å²) in [5.41, 5.74) is 0. The molecule has 0 radical (unpaired) electrons. The molecule has 154 valence electrons. The second-order valence-corrected chi connectivity index (χ2v) is 7.59. The number of rotatable bonds is 5. The van der Waals surface area contributed by atoms with Gasteiger partial charge in [-0.1, -0.05) is 0 Å². The van der Waals surface area contributed by atoms with Gasteiger partial charge in [0.1, 0.15) is 54.6 Å². The van der Waals surface area contributed by atoms with Crippen molar-refractivity contribution in [1.82, 2.24) is 0 Å². The van der Waals surface area contributed by atoms with Gasteiger partial charge in [0.2, 0.25) is 0 Å². The van der Waals surface area contributed by atoms with Crippen molar-refractivity contribution in [3.8, 4) is 0 Å². The van der Waals surface area contributed by atoms with Gasteiger partial charge in [-0.25, -0.2) is 0 Å². The SMILES string of the molecule is O=S(=O)(O)C[C@H]1O[C@@H](O[C@H]2[C@H](O)[C@@H](O)C(O)O[C@@H]2CO)[C@H](O)[C@@H](O)[C@@H]1O. The monoisotopic (exact) mass is 406 g/mol. The van der Waals surface area contributed by atoms with Crippen LogP contribution in [0.3, 0.4) is 0 Å². The Hall–Kier alpha value is -0.490. The van der Waals surface area contributed by atoms with E-state index in [0.29, 0.717) is 0 Å². The lowest BCUT2D eigenvalue weighted by atomic mass is 9.97. The molecular weight excluding hydrogens is 384 g/mol. The highest BCUT2D eigenvalue weighted by molar-refractivity contribution is 7.85. The minimum Gasteiger partial charge on any atom is -0.394 e. The van der Waals surface area contributed by atoms with E-state index < -0.39 is 83.9 Å². The molecule has 0 aliphatic carbocycles. The Morgan fingerprint density at radius 1 is 0.808 bits per heavy atom. The zero-order chi connectivity index (χ0) is 19.8. The topological polar surface area (TPSA) is 224 Å². The highest BCUT2D eigenvalue weighted by atomic mass is 32.2. The van der Waals surface area contributed by atoms with Crippen LogP contribution in [0.2, 0.25) is 0 Å². The van der Waals surface area contributed by atoms with Crippen LogP contribution >= 0.6 is 0 Å². The van der Waals surface area contributed by atoms with E-state index in [1.54, 1.807) is 0 Å². The van der Waals surface area contributed by atoms with Gasteiger partial charge in [0.25, 0.3) is 10.1 Å². The van der Waals surface area contributed by atoms with Crippen LogP contribution in [-0.4, -0.2) is 122 Å². The summed E-state index contributed by atoms with van der Waals surface area (Å²) in [5, 5.41) is 67.9. The van der Waals surface area contributed by atoms with Crippen molar-refractivity contribution in [3.05, 3.63) is 0 Å². The molecule has 1 unspecified atom stereocenters. The fraction of sp³-hybridized carbons (Fsp3) is 1.00. The lowest BCUT2D eigenvalue weighted by Gasteiger charge is -2.45. The van der Waals surface area contributed by atoms with E-state index >= 15 is 0 Å². The van der Waals surface area contributed by atoms with Crippen LogP contribution < -0.4 is 0 Å². The van der Waals surface area contributed by atoms with Gasteiger partial charge in [0, 0.05) is 0 Å². The second kappa shape index (κ2) is 8.26. The maximum absolute atomic E-state index is 11.0. The Morgan fingerprint density at radius 2 is 1.42 bits per heavy atom. The second-order valence-electron chi connectivity index (χ2n) is 6.09. The van der Waals surface area contributed by atoms with Crippen molar-refractivity contribution in [1.29, 1.82) is 0 Å². The van der Waals surface area contributed by atoms with Crippen LogP contribution in [-0.2, 0) is 24.3 Å². The molecule has 0 spiro atoms. The lowest BCUT2D eigenvalue weighted by Crippen LogP contribution is -2.64. The van der Waals surface area contributed by atoms with Gasteiger partial charge >= 0.3 is 0 Å². The van der Waals surface area contributed by atoms with Crippen molar-refractivity contribution in [3.63, 3.8) is 0 Å². The molecule has 0 aromatic carbocycles. The average molecular weight is 406 g/mol. The zero-order valence-corrected chi connectivity index (χ0v) is 14.0. The summed E-state index contributed by atoms with van der Waals surface area (Å²) in [6.45, 7) is -0.770. The number of ether oxygens (including phenoxy) is 3. The van der Waals surface area contributed by atoms with Crippen LogP contribution in [0.1, 0.15) is 0 Å².